The van der Waals surface area contributed by atoms with E-state index in [1.165, 1.54) is 54.3 Å². The van der Waals surface area contributed by atoms with Crippen molar-refractivity contribution in [1.29, 1.82) is 5.26 Å². The molecular formula is C53H55F4N7O8S. The van der Waals surface area contributed by atoms with Gasteiger partial charge in [-0.05, 0) is 111 Å². The molecule has 7 rings (SSSR count). The highest BCUT2D eigenvalue weighted by Gasteiger charge is 2.51. The maximum atomic E-state index is 15.8. The second-order valence-electron chi connectivity index (χ2n) is 19.4. The van der Waals surface area contributed by atoms with Gasteiger partial charge in [0.1, 0.15) is 35.8 Å². The number of halogens is 4. The van der Waals surface area contributed by atoms with Crippen molar-refractivity contribution in [1.82, 2.24) is 20.5 Å². The summed E-state index contributed by atoms with van der Waals surface area (Å²) in [4.78, 5) is 61.9. The van der Waals surface area contributed by atoms with Crippen LogP contribution in [-0.2, 0) is 36.6 Å². The Labute approximate surface area is 425 Å². The summed E-state index contributed by atoms with van der Waals surface area (Å²) in [6.45, 7) is 10.6. The molecule has 2 fully saturated rings. The van der Waals surface area contributed by atoms with E-state index in [2.05, 4.69) is 15.6 Å². The molecule has 0 aliphatic carbocycles. The zero-order chi connectivity index (χ0) is 53.0. The van der Waals surface area contributed by atoms with Crippen LogP contribution in [0.2, 0.25) is 0 Å². The molecule has 4 amide bonds. The SMILES string of the molecule is Cc1ncoc1-c1ccc(CNC(=O)[C@@H]2C[C@@H](O)CN2C(=O)C(NC(=O)COCCCCOc2ccc(-c3ccc(N4C(=S)N(c5ccc(C#N)c(C(F)(F)F)c5)C(=O)C4(C)C)cc3F)cc2)C(C)(C)C)cc1. The Balaban J connectivity index is 0.853. The van der Waals surface area contributed by atoms with Crippen LogP contribution in [0.3, 0.4) is 0 Å². The zero-order valence-electron chi connectivity index (χ0n) is 41.0. The number of oxazole rings is 1. The number of alkyl halides is 3. The van der Waals surface area contributed by atoms with Crippen molar-refractivity contribution in [3.05, 3.63) is 120 Å². The smallest absolute Gasteiger partial charge is 0.417 e. The number of amides is 4. The Bertz CT molecular complexity index is 2910. The van der Waals surface area contributed by atoms with E-state index in [1.807, 2.05) is 31.2 Å². The number of aliphatic hydroxyl groups excluding tert-OH is 1. The second-order valence-corrected chi connectivity index (χ2v) is 19.8. The quantitative estimate of drug-likeness (QED) is 0.0460. The van der Waals surface area contributed by atoms with Crippen LogP contribution in [-0.4, -0.2) is 93.8 Å². The second kappa shape index (κ2) is 21.9. The Kier molecular flexibility index (Phi) is 16.1. The van der Waals surface area contributed by atoms with Crippen LogP contribution in [0.1, 0.15) is 76.3 Å². The number of hydrogen-bond acceptors (Lipinski definition) is 11. The summed E-state index contributed by atoms with van der Waals surface area (Å²) in [5.41, 5.74) is -0.769. The number of aryl methyl sites for hydroxylation is 1. The van der Waals surface area contributed by atoms with E-state index < -0.39 is 75.9 Å². The van der Waals surface area contributed by atoms with Crippen molar-refractivity contribution in [2.75, 3.05) is 36.2 Å². The first-order chi connectivity index (χ1) is 34.5. The number of ether oxygens (including phenoxy) is 2. The zero-order valence-corrected chi connectivity index (χ0v) is 41.8. The van der Waals surface area contributed by atoms with Gasteiger partial charge in [-0.2, -0.15) is 18.4 Å². The molecule has 3 heterocycles. The van der Waals surface area contributed by atoms with Crippen LogP contribution < -0.4 is 25.2 Å². The lowest BCUT2D eigenvalue weighted by molar-refractivity contribution is -0.144. The number of nitriles is 1. The first kappa shape index (κ1) is 53.6. The van der Waals surface area contributed by atoms with Gasteiger partial charge < -0.3 is 39.4 Å². The number of thiocarbonyl (C=S) groups is 1. The van der Waals surface area contributed by atoms with E-state index >= 15 is 4.39 Å². The number of hydrogen-bond donors (Lipinski definition) is 3. The summed E-state index contributed by atoms with van der Waals surface area (Å²) in [5.74, 6) is -1.53. The minimum Gasteiger partial charge on any atom is -0.494 e. The van der Waals surface area contributed by atoms with Gasteiger partial charge in [0, 0.05) is 42.9 Å². The highest BCUT2D eigenvalue weighted by atomic mass is 32.1. The number of β-amino-alcohol motifs (C(OH)–C–C–N with tert-alkyl or cyclic N) is 1. The number of carbonyl (C=O) groups is 4. The molecule has 20 heteroatoms. The summed E-state index contributed by atoms with van der Waals surface area (Å²) in [6.07, 6.45) is -3.24. The largest absolute Gasteiger partial charge is 0.494 e. The molecule has 15 nitrogen and oxygen atoms in total. The maximum Gasteiger partial charge on any atom is 0.417 e. The Morgan fingerprint density at radius 2 is 1.64 bits per heavy atom. The van der Waals surface area contributed by atoms with E-state index in [-0.39, 0.29) is 54.8 Å². The molecule has 0 spiro atoms. The summed E-state index contributed by atoms with van der Waals surface area (Å²) in [5, 5.41) is 25.3. The summed E-state index contributed by atoms with van der Waals surface area (Å²) < 4.78 is 74.0. The Morgan fingerprint density at radius 3 is 2.27 bits per heavy atom. The molecule has 0 radical (unpaired) electrons. The number of likely N-dealkylation sites (tertiary alicyclic amines) is 1. The molecule has 1 aromatic heterocycles. The molecule has 3 N–H and O–H groups in total. The lowest BCUT2D eigenvalue weighted by Crippen LogP contribution is -2.58. The maximum absolute atomic E-state index is 15.8. The van der Waals surface area contributed by atoms with Crippen molar-refractivity contribution in [3.8, 4) is 34.3 Å². The minimum absolute atomic E-state index is 0.0509. The van der Waals surface area contributed by atoms with E-state index in [0.717, 1.165) is 27.8 Å². The van der Waals surface area contributed by atoms with Gasteiger partial charge in [0.25, 0.3) is 5.91 Å². The van der Waals surface area contributed by atoms with E-state index in [9.17, 15) is 42.7 Å². The Hall–Kier alpha value is -7.21. The lowest BCUT2D eigenvalue weighted by atomic mass is 9.85. The van der Waals surface area contributed by atoms with Crippen molar-refractivity contribution < 1.29 is 55.7 Å². The third kappa shape index (κ3) is 12.0. The number of nitrogens with one attached hydrogen (secondary N) is 2. The number of benzene rings is 4. The van der Waals surface area contributed by atoms with Gasteiger partial charge in [-0.25, -0.2) is 9.37 Å². The topological polar surface area (TPSA) is 191 Å². The van der Waals surface area contributed by atoms with Crippen LogP contribution in [0.5, 0.6) is 5.75 Å². The van der Waals surface area contributed by atoms with Crippen molar-refractivity contribution >= 4 is 52.3 Å². The molecule has 1 unspecified atom stereocenters. The number of aromatic nitrogens is 1. The van der Waals surface area contributed by atoms with Gasteiger partial charge in [0.2, 0.25) is 17.7 Å². The lowest BCUT2D eigenvalue weighted by Gasteiger charge is -2.35. The summed E-state index contributed by atoms with van der Waals surface area (Å²) >= 11 is 5.59. The van der Waals surface area contributed by atoms with E-state index in [4.69, 9.17) is 26.1 Å². The van der Waals surface area contributed by atoms with Gasteiger partial charge in [-0.1, -0.05) is 57.2 Å². The number of rotatable bonds is 17. The standard InChI is InChI=1S/C53H55F4N7O8S/c1-31-45(72-30-60-31)34-11-9-32(10-12-34)27-59-47(67)43-25-38(65)28-62(43)48(68)46(51(2,3)4)61-44(66)29-70-21-7-8-22-71-39-18-14-33(15-19-39)40-20-17-37(24-42(40)54)64-50(73)63(49(69)52(64,5)6)36-16-13-35(26-58)41(23-36)53(55,56)57/h9-20,23-24,30,38,43,46,65H,7-8,21-22,25,27-29H2,1-6H3,(H,59,67)(H,61,66)/t38-,43+,46?/m1/s1. The predicted molar refractivity (Wildman–Crippen MR) is 266 cm³/mol. The van der Waals surface area contributed by atoms with Gasteiger partial charge in [-0.3, -0.25) is 24.1 Å². The molecule has 2 aliphatic rings. The Morgan fingerprint density at radius 1 is 0.973 bits per heavy atom. The van der Waals surface area contributed by atoms with Crippen molar-refractivity contribution in [2.45, 2.75) is 97.3 Å². The van der Waals surface area contributed by atoms with E-state index in [1.54, 1.807) is 51.1 Å². The molecule has 3 atom stereocenters. The number of unbranched alkanes of at least 4 members (excludes halogenated alkanes) is 1. The molecule has 73 heavy (non-hydrogen) atoms. The van der Waals surface area contributed by atoms with Gasteiger partial charge >= 0.3 is 6.18 Å². The van der Waals surface area contributed by atoms with Crippen molar-refractivity contribution in [2.24, 2.45) is 5.41 Å². The van der Waals surface area contributed by atoms with Gasteiger partial charge in [-0.15, -0.1) is 0 Å². The number of carbonyl (C=O) groups excluding carboxylic acids is 4. The monoisotopic (exact) mass is 1030 g/mol. The highest BCUT2D eigenvalue weighted by molar-refractivity contribution is 7.81. The number of nitrogens with zero attached hydrogens (tertiary/aromatic N) is 5. The molecule has 4 aromatic carbocycles. The molecule has 384 valence electrons. The molecule has 0 saturated carbocycles. The van der Waals surface area contributed by atoms with Crippen LogP contribution >= 0.6 is 12.2 Å². The average Bonchev–Trinajstić information content (AvgIpc) is 4.01. The van der Waals surface area contributed by atoms with Gasteiger partial charge in [0.05, 0.1) is 41.3 Å². The average molecular weight is 1030 g/mol. The minimum atomic E-state index is -4.86. The highest BCUT2D eigenvalue weighted by Crippen LogP contribution is 2.41. The molecule has 0 bridgehead atoms. The van der Waals surface area contributed by atoms with E-state index in [0.29, 0.717) is 42.6 Å². The summed E-state index contributed by atoms with van der Waals surface area (Å²) in [7, 11) is 0. The molecule has 2 aliphatic heterocycles. The van der Waals surface area contributed by atoms with Crippen LogP contribution in [0.25, 0.3) is 22.5 Å². The van der Waals surface area contributed by atoms with Crippen LogP contribution in [0, 0.1) is 29.5 Å². The third-order valence-electron chi connectivity index (χ3n) is 12.6. The summed E-state index contributed by atoms with van der Waals surface area (Å²) in [6, 6.07) is 20.9. The fraction of sp³-hybridized carbons (Fsp3) is 0.377. The third-order valence-corrected chi connectivity index (χ3v) is 13.0. The first-order valence-corrected chi connectivity index (χ1v) is 23.9. The van der Waals surface area contributed by atoms with Crippen molar-refractivity contribution in [3.63, 3.8) is 0 Å². The van der Waals surface area contributed by atoms with Crippen LogP contribution in [0.15, 0.2) is 95.7 Å². The fourth-order valence-electron chi connectivity index (χ4n) is 8.71. The molecule has 2 saturated heterocycles. The fourth-order valence-corrected chi connectivity index (χ4v) is 9.23. The predicted octanol–water partition coefficient (Wildman–Crippen LogP) is 8.25. The number of anilines is 2. The first-order valence-electron chi connectivity index (χ1n) is 23.4. The molecular weight excluding hydrogens is 971 g/mol. The molecule has 5 aromatic rings. The van der Waals surface area contributed by atoms with Crippen LogP contribution in [0.4, 0.5) is 28.9 Å². The van der Waals surface area contributed by atoms with Gasteiger partial charge in [0.15, 0.2) is 17.3 Å². The number of aliphatic hydroxyl groups is 1. The normalized spacial score (nSPS) is 17.2.